The molecule has 160 valence electrons. The number of aryl methyl sites for hydroxylation is 1. The molecule has 30 heavy (non-hydrogen) atoms. The van der Waals surface area contributed by atoms with E-state index in [1.54, 1.807) is 0 Å². The van der Waals surface area contributed by atoms with E-state index in [4.69, 9.17) is 0 Å². The third kappa shape index (κ3) is 5.09. The van der Waals surface area contributed by atoms with Gasteiger partial charge in [-0.2, -0.15) is 0 Å². The summed E-state index contributed by atoms with van der Waals surface area (Å²) in [6, 6.07) is 2.45. The highest BCUT2D eigenvalue weighted by Gasteiger charge is 2.21. The van der Waals surface area contributed by atoms with E-state index in [2.05, 4.69) is 23.1 Å². The lowest BCUT2D eigenvalue weighted by Gasteiger charge is -2.16. The number of urea groups is 1. The number of fused-ring (bicyclic) bond motifs is 1. The van der Waals surface area contributed by atoms with E-state index in [0.717, 1.165) is 30.9 Å². The van der Waals surface area contributed by atoms with Gasteiger partial charge in [-0.1, -0.05) is 6.92 Å². The second-order valence-electron chi connectivity index (χ2n) is 6.94. The predicted octanol–water partition coefficient (Wildman–Crippen LogP) is 2.87. The molecule has 1 atom stereocenters. The van der Waals surface area contributed by atoms with Crippen LogP contribution in [0, 0.1) is 23.4 Å². The Bertz CT molecular complexity index is 996. The van der Waals surface area contributed by atoms with Crippen LogP contribution in [0.5, 0.6) is 0 Å². The molecule has 1 unspecified atom stereocenters. The molecule has 1 heterocycles. The van der Waals surface area contributed by atoms with Gasteiger partial charge in [0.05, 0.1) is 17.1 Å². The van der Waals surface area contributed by atoms with Gasteiger partial charge < -0.3 is 10.6 Å². The lowest BCUT2D eigenvalue weighted by Crippen LogP contribution is -2.48. The summed E-state index contributed by atoms with van der Waals surface area (Å²) in [5.41, 5.74) is 4.94. The first-order valence-electron chi connectivity index (χ1n) is 9.13. The zero-order valence-corrected chi connectivity index (χ0v) is 16.7. The van der Waals surface area contributed by atoms with E-state index in [9.17, 15) is 27.6 Å². The molecule has 1 aromatic heterocycles. The second-order valence-corrected chi connectivity index (χ2v) is 8.08. The Kier molecular flexibility index (Phi) is 6.60. The van der Waals surface area contributed by atoms with Crippen LogP contribution in [0.15, 0.2) is 18.2 Å². The highest BCUT2D eigenvalue weighted by molar-refractivity contribution is 7.14. The molecule has 0 fully saturated rings. The number of hydrogen-bond acceptors (Lipinski definition) is 4. The van der Waals surface area contributed by atoms with E-state index in [1.807, 2.05) is 11.4 Å². The summed E-state index contributed by atoms with van der Waals surface area (Å²) in [5.74, 6) is -5.44. The highest BCUT2D eigenvalue weighted by Crippen LogP contribution is 2.32. The molecule has 2 aromatic rings. The standard InChI is InChI=1S/C19H19F3N4O3S/c1-9-2-5-13-10(6-9)7-14(30-13)18(28)25-26-19(29)23-8-15(27)24-12-4-3-11(20)16(21)17(12)22/h3-4,7,9H,2,5-6,8H2,1H3,(H,24,27)(H,25,28)(H2,23,26,29). The van der Waals surface area contributed by atoms with E-state index >= 15 is 0 Å². The van der Waals surface area contributed by atoms with Gasteiger partial charge in [0.1, 0.15) is 0 Å². The number of rotatable bonds is 4. The van der Waals surface area contributed by atoms with Crippen LogP contribution in [-0.2, 0) is 17.6 Å². The van der Waals surface area contributed by atoms with Crippen LogP contribution in [0.3, 0.4) is 0 Å². The summed E-state index contributed by atoms with van der Waals surface area (Å²) in [6.07, 6.45) is 2.92. The third-order valence-electron chi connectivity index (χ3n) is 4.56. The van der Waals surface area contributed by atoms with Gasteiger partial charge in [-0.3, -0.25) is 15.0 Å². The quantitative estimate of drug-likeness (QED) is 0.435. The fourth-order valence-electron chi connectivity index (χ4n) is 3.01. The van der Waals surface area contributed by atoms with Crippen LogP contribution >= 0.6 is 11.3 Å². The number of benzene rings is 1. The van der Waals surface area contributed by atoms with E-state index in [0.29, 0.717) is 16.9 Å². The minimum Gasteiger partial charge on any atom is -0.328 e. The number of carbonyl (C=O) groups excluding carboxylic acids is 3. The van der Waals surface area contributed by atoms with Crippen molar-refractivity contribution < 1.29 is 27.6 Å². The Hall–Kier alpha value is -3.08. The van der Waals surface area contributed by atoms with Gasteiger partial charge in [-0.25, -0.2) is 23.4 Å². The molecule has 1 aliphatic carbocycles. The summed E-state index contributed by atoms with van der Waals surface area (Å²) < 4.78 is 39.5. The van der Waals surface area contributed by atoms with Gasteiger partial charge >= 0.3 is 6.03 Å². The van der Waals surface area contributed by atoms with Gasteiger partial charge in [-0.15, -0.1) is 11.3 Å². The smallest absolute Gasteiger partial charge is 0.328 e. The SMILES string of the molecule is CC1CCc2sc(C(=O)NNC(=O)NCC(=O)Nc3ccc(F)c(F)c3F)cc2C1. The number of thiophene rings is 1. The van der Waals surface area contributed by atoms with Crippen LogP contribution in [-0.4, -0.2) is 24.4 Å². The molecular weight excluding hydrogens is 421 g/mol. The molecule has 1 aromatic carbocycles. The van der Waals surface area contributed by atoms with Crippen molar-refractivity contribution in [1.82, 2.24) is 16.2 Å². The van der Waals surface area contributed by atoms with Gasteiger partial charge in [0.25, 0.3) is 5.91 Å². The molecular formula is C19H19F3N4O3S. The Morgan fingerprint density at radius 2 is 1.90 bits per heavy atom. The number of halogens is 3. The van der Waals surface area contributed by atoms with Crippen LogP contribution in [0.2, 0.25) is 0 Å². The first kappa shape index (κ1) is 21.6. The molecule has 4 amide bonds. The maximum Gasteiger partial charge on any atom is 0.333 e. The molecule has 4 N–H and O–H groups in total. The van der Waals surface area contributed by atoms with Crippen LogP contribution in [0.4, 0.5) is 23.7 Å². The molecule has 3 rings (SSSR count). The molecule has 0 aliphatic heterocycles. The molecule has 0 spiro atoms. The van der Waals surface area contributed by atoms with Crippen molar-refractivity contribution in [3.8, 4) is 0 Å². The molecule has 0 saturated carbocycles. The number of amides is 4. The normalized spacial score (nSPS) is 15.1. The predicted molar refractivity (Wildman–Crippen MR) is 104 cm³/mol. The van der Waals surface area contributed by atoms with Crippen molar-refractivity contribution in [2.24, 2.45) is 5.92 Å². The number of hydrogen-bond donors (Lipinski definition) is 4. The summed E-state index contributed by atoms with van der Waals surface area (Å²) in [4.78, 5) is 37.3. The van der Waals surface area contributed by atoms with Crippen LogP contribution in [0.25, 0.3) is 0 Å². The van der Waals surface area contributed by atoms with E-state index in [1.165, 1.54) is 16.2 Å². The minimum atomic E-state index is -1.72. The largest absolute Gasteiger partial charge is 0.333 e. The Morgan fingerprint density at radius 3 is 2.67 bits per heavy atom. The topological polar surface area (TPSA) is 99.3 Å². The summed E-state index contributed by atoms with van der Waals surface area (Å²) in [5, 5.41) is 4.15. The van der Waals surface area contributed by atoms with E-state index < -0.39 is 47.5 Å². The molecule has 0 saturated heterocycles. The second kappa shape index (κ2) is 9.16. The molecule has 1 aliphatic rings. The van der Waals surface area contributed by atoms with Crippen LogP contribution < -0.4 is 21.5 Å². The van der Waals surface area contributed by atoms with Crippen molar-refractivity contribution in [2.75, 3.05) is 11.9 Å². The highest BCUT2D eigenvalue weighted by atomic mass is 32.1. The summed E-state index contributed by atoms with van der Waals surface area (Å²) in [6.45, 7) is 1.56. The average molecular weight is 440 g/mol. The van der Waals surface area contributed by atoms with Gasteiger partial charge in [0.15, 0.2) is 17.5 Å². The third-order valence-corrected chi connectivity index (χ3v) is 5.80. The average Bonchev–Trinajstić information content (AvgIpc) is 3.14. The number of hydrazine groups is 1. The number of carbonyl (C=O) groups is 3. The van der Waals surface area contributed by atoms with Gasteiger partial charge in [-0.05, 0) is 48.9 Å². The zero-order valence-electron chi connectivity index (χ0n) is 15.9. The van der Waals surface area contributed by atoms with Crippen molar-refractivity contribution >= 4 is 34.9 Å². The lowest BCUT2D eigenvalue weighted by molar-refractivity contribution is -0.115. The Labute approximate surface area is 174 Å². The minimum absolute atomic E-state index is 0.473. The fourth-order valence-corrected chi connectivity index (χ4v) is 4.12. The Balaban J connectivity index is 1.44. The molecule has 0 bridgehead atoms. The van der Waals surface area contributed by atoms with Crippen LogP contribution in [0.1, 0.15) is 33.5 Å². The van der Waals surface area contributed by atoms with Crippen molar-refractivity contribution in [3.05, 3.63) is 51.0 Å². The zero-order chi connectivity index (χ0) is 21.8. The monoisotopic (exact) mass is 440 g/mol. The first-order chi connectivity index (χ1) is 14.2. The number of anilines is 1. The summed E-state index contributed by atoms with van der Waals surface area (Å²) >= 11 is 1.38. The maximum absolute atomic E-state index is 13.5. The van der Waals surface area contributed by atoms with Crippen molar-refractivity contribution in [1.29, 1.82) is 0 Å². The fraction of sp³-hybridized carbons (Fsp3) is 0.316. The Morgan fingerprint density at radius 1 is 1.13 bits per heavy atom. The lowest BCUT2D eigenvalue weighted by atomic mass is 9.90. The first-order valence-corrected chi connectivity index (χ1v) is 9.95. The van der Waals surface area contributed by atoms with Crippen molar-refractivity contribution in [2.45, 2.75) is 26.2 Å². The molecule has 0 radical (unpaired) electrons. The maximum atomic E-state index is 13.5. The molecule has 7 nitrogen and oxygen atoms in total. The van der Waals surface area contributed by atoms with E-state index in [-0.39, 0.29) is 0 Å². The number of nitrogens with one attached hydrogen (secondary N) is 4. The van der Waals surface area contributed by atoms with Crippen molar-refractivity contribution in [3.63, 3.8) is 0 Å². The summed E-state index contributed by atoms with van der Waals surface area (Å²) in [7, 11) is 0. The molecule has 11 heteroatoms. The van der Waals surface area contributed by atoms with Gasteiger partial charge in [0.2, 0.25) is 5.91 Å². The van der Waals surface area contributed by atoms with Gasteiger partial charge in [0, 0.05) is 4.88 Å².